The Hall–Kier alpha value is -2.30. The summed E-state index contributed by atoms with van der Waals surface area (Å²) < 4.78 is 0. The Morgan fingerprint density at radius 2 is 1.02 bits per heavy atom. The Balaban J connectivity index is 4.36. The minimum atomic E-state index is -1.22. The summed E-state index contributed by atoms with van der Waals surface area (Å²) in [5, 5.41) is 25.9. The average molecular weight is 658 g/mol. The van der Waals surface area contributed by atoms with Crippen LogP contribution in [0.5, 0.6) is 0 Å². The van der Waals surface area contributed by atoms with Gasteiger partial charge < -0.3 is 26.2 Å². The predicted octanol–water partition coefficient (Wildman–Crippen LogP) is 6.60. The largest absolute Gasteiger partial charge is 0.480 e. The highest BCUT2D eigenvalue weighted by atomic mass is 32.2. The summed E-state index contributed by atoms with van der Waals surface area (Å²) in [5.74, 6) is -2.77. The first-order chi connectivity index (χ1) is 21.7. The van der Waals surface area contributed by atoms with Crippen molar-refractivity contribution in [2.45, 2.75) is 167 Å². The van der Waals surface area contributed by atoms with Gasteiger partial charge in [-0.05, 0) is 25.0 Å². The number of carbonyl (C=O) groups excluding carboxylic acids is 3. The summed E-state index contributed by atoms with van der Waals surface area (Å²) in [4.78, 5) is 60.1. The molecular formula is C34H63N3O7S. The van der Waals surface area contributed by atoms with Crippen LogP contribution >= 0.6 is 11.8 Å². The van der Waals surface area contributed by atoms with Gasteiger partial charge in [-0.25, -0.2) is 4.79 Å². The summed E-state index contributed by atoms with van der Waals surface area (Å²) in [6, 6.07) is -2.14. The smallest absolute Gasteiger partial charge is 0.326 e. The van der Waals surface area contributed by atoms with Crippen molar-refractivity contribution in [2.75, 3.05) is 18.1 Å². The maximum absolute atomic E-state index is 12.6. The number of rotatable bonds is 32. The van der Waals surface area contributed by atoms with Gasteiger partial charge in [0.15, 0.2) is 0 Å². The second kappa shape index (κ2) is 30.4. The van der Waals surface area contributed by atoms with Crippen LogP contribution in [-0.2, 0) is 24.0 Å². The lowest BCUT2D eigenvalue weighted by molar-refractivity contribution is -0.142. The molecule has 11 heteroatoms. The van der Waals surface area contributed by atoms with E-state index in [4.69, 9.17) is 5.11 Å². The maximum atomic E-state index is 12.6. The molecule has 0 aliphatic rings. The molecule has 0 rings (SSSR count). The van der Waals surface area contributed by atoms with Crippen molar-refractivity contribution in [3.63, 3.8) is 0 Å². The highest BCUT2D eigenvalue weighted by Crippen LogP contribution is 2.14. The number of hydrogen-bond donors (Lipinski definition) is 5. The lowest BCUT2D eigenvalue weighted by Crippen LogP contribution is -2.49. The molecule has 0 aromatic carbocycles. The van der Waals surface area contributed by atoms with Gasteiger partial charge in [0.05, 0.1) is 0 Å². The zero-order chi connectivity index (χ0) is 33.5. The zero-order valence-corrected chi connectivity index (χ0v) is 29.0. The molecule has 45 heavy (non-hydrogen) atoms. The van der Waals surface area contributed by atoms with Gasteiger partial charge in [0.1, 0.15) is 18.6 Å². The van der Waals surface area contributed by atoms with Crippen molar-refractivity contribution in [1.29, 1.82) is 0 Å². The second-order valence-corrected chi connectivity index (χ2v) is 13.2. The SMILES string of the molecule is CCCCCCCCCCCCCCCC(=O)N[C@@H](CCC(=O)N[C@@H](CSCCCCCCCC)C(=O)NCC(=O)O)C(=O)O. The molecule has 0 aliphatic carbocycles. The fraction of sp³-hybridized carbons (Fsp3) is 0.853. The summed E-state index contributed by atoms with van der Waals surface area (Å²) in [5.41, 5.74) is 0. The standard InChI is InChI=1S/C34H63N3O7S/c1-3-5-7-9-11-12-13-14-15-16-17-18-20-22-30(38)36-28(34(43)44)23-24-31(39)37-29(33(42)35-26-32(40)41)27-45-25-21-19-10-8-6-4-2/h28-29H,3-27H2,1-2H3,(H,35,42)(H,36,38)(H,37,39)(H,40,41)(H,43,44)/t28-,29-/m0/s1. The first kappa shape index (κ1) is 42.7. The average Bonchev–Trinajstić information content (AvgIpc) is 3.00. The number of carboxylic acids is 2. The van der Waals surface area contributed by atoms with E-state index in [0.717, 1.165) is 44.3 Å². The van der Waals surface area contributed by atoms with Gasteiger partial charge in [0.25, 0.3) is 0 Å². The van der Waals surface area contributed by atoms with Crippen molar-refractivity contribution in [2.24, 2.45) is 0 Å². The van der Waals surface area contributed by atoms with E-state index in [1.54, 1.807) is 0 Å². The van der Waals surface area contributed by atoms with E-state index in [0.29, 0.717) is 6.42 Å². The van der Waals surface area contributed by atoms with E-state index in [2.05, 4.69) is 29.8 Å². The monoisotopic (exact) mass is 657 g/mol. The molecule has 5 N–H and O–H groups in total. The van der Waals surface area contributed by atoms with Gasteiger partial charge in [-0.1, -0.05) is 123 Å². The van der Waals surface area contributed by atoms with Crippen molar-refractivity contribution in [3.05, 3.63) is 0 Å². The first-order valence-electron chi connectivity index (χ1n) is 17.6. The molecule has 0 unspecified atom stereocenters. The summed E-state index contributed by atoms with van der Waals surface area (Å²) >= 11 is 1.51. The molecule has 0 saturated carbocycles. The molecule has 0 fully saturated rings. The molecule has 0 spiro atoms. The number of hydrogen-bond acceptors (Lipinski definition) is 6. The Kier molecular flexibility index (Phi) is 28.8. The maximum Gasteiger partial charge on any atom is 0.326 e. The quantitative estimate of drug-likeness (QED) is 0.0506. The molecule has 0 aliphatic heterocycles. The van der Waals surface area contributed by atoms with Gasteiger partial charge in [-0.15, -0.1) is 0 Å². The topological polar surface area (TPSA) is 162 Å². The van der Waals surface area contributed by atoms with Crippen molar-refractivity contribution >= 4 is 41.4 Å². The number of amides is 3. The van der Waals surface area contributed by atoms with Gasteiger partial charge in [0.2, 0.25) is 17.7 Å². The first-order valence-corrected chi connectivity index (χ1v) is 18.7. The Morgan fingerprint density at radius 3 is 1.51 bits per heavy atom. The van der Waals surface area contributed by atoms with Crippen molar-refractivity contribution in [3.8, 4) is 0 Å². The number of carboxylic acid groups (broad SMARTS) is 2. The lowest BCUT2D eigenvalue weighted by Gasteiger charge is -2.19. The minimum absolute atomic E-state index is 0.111. The van der Waals surface area contributed by atoms with Crippen LogP contribution in [0.2, 0.25) is 0 Å². The summed E-state index contributed by atoms with van der Waals surface area (Å²) in [6.07, 6.45) is 22.3. The van der Waals surface area contributed by atoms with E-state index in [1.165, 1.54) is 88.8 Å². The normalized spacial score (nSPS) is 12.3. The number of aliphatic carboxylic acids is 2. The number of thioether (sulfide) groups is 1. The van der Waals surface area contributed by atoms with Gasteiger partial charge in [-0.2, -0.15) is 11.8 Å². The van der Waals surface area contributed by atoms with E-state index in [9.17, 15) is 29.1 Å². The fourth-order valence-corrected chi connectivity index (χ4v) is 6.07. The molecule has 0 radical (unpaired) electrons. The molecule has 2 atom stereocenters. The van der Waals surface area contributed by atoms with Crippen LogP contribution in [0.3, 0.4) is 0 Å². The van der Waals surface area contributed by atoms with E-state index >= 15 is 0 Å². The van der Waals surface area contributed by atoms with E-state index in [1.807, 2.05) is 0 Å². The van der Waals surface area contributed by atoms with Crippen LogP contribution in [0.1, 0.15) is 155 Å². The minimum Gasteiger partial charge on any atom is -0.480 e. The molecule has 262 valence electrons. The molecule has 0 bridgehead atoms. The second-order valence-electron chi connectivity index (χ2n) is 12.1. The lowest BCUT2D eigenvalue weighted by atomic mass is 10.0. The summed E-state index contributed by atoms with van der Waals surface area (Å²) in [6.45, 7) is 3.84. The third-order valence-electron chi connectivity index (χ3n) is 7.79. The highest BCUT2D eigenvalue weighted by Gasteiger charge is 2.24. The molecule has 0 saturated heterocycles. The number of carbonyl (C=O) groups is 5. The van der Waals surface area contributed by atoms with Gasteiger partial charge >= 0.3 is 11.9 Å². The Morgan fingerprint density at radius 1 is 0.578 bits per heavy atom. The molecule has 0 aromatic rings. The predicted molar refractivity (Wildman–Crippen MR) is 182 cm³/mol. The fourth-order valence-electron chi connectivity index (χ4n) is 5.02. The third-order valence-corrected chi connectivity index (χ3v) is 8.94. The van der Waals surface area contributed by atoms with Crippen LogP contribution < -0.4 is 16.0 Å². The molecular weight excluding hydrogens is 594 g/mol. The molecule has 0 heterocycles. The Labute approximate surface area is 276 Å². The number of nitrogens with one attached hydrogen (secondary N) is 3. The highest BCUT2D eigenvalue weighted by molar-refractivity contribution is 7.99. The van der Waals surface area contributed by atoms with Crippen LogP contribution in [0, 0.1) is 0 Å². The number of unbranched alkanes of at least 4 members (excludes halogenated alkanes) is 17. The van der Waals surface area contributed by atoms with Crippen LogP contribution in [0.15, 0.2) is 0 Å². The van der Waals surface area contributed by atoms with Crippen LogP contribution in [-0.4, -0.2) is 70.0 Å². The van der Waals surface area contributed by atoms with Crippen molar-refractivity contribution in [1.82, 2.24) is 16.0 Å². The third kappa shape index (κ3) is 27.7. The molecule has 0 aromatic heterocycles. The van der Waals surface area contributed by atoms with Crippen LogP contribution in [0.25, 0.3) is 0 Å². The van der Waals surface area contributed by atoms with Gasteiger partial charge in [-0.3, -0.25) is 19.2 Å². The Bertz CT molecular complexity index is 813. The van der Waals surface area contributed by atoms with E-state index in [-0.39, 0.29) is 30.9 Å². The van der Waals surface area contributed by atoms with Gasteiger partial charge in [0, 0.05) is 18.6 Å². The molecule has 3 amide bonds. The van der Waals surface area contributed by atoms with E-state index < -0.39 is 42.4 Å². The zero-order valence-electron chi connectivity index (χ0n) is 28.2. The van der Waals surface area contributed by atoms with Crippen LogP contribution in [0.4, 0.5) is 0 Å². The molecule has 10 nitrogen and oxygen atoms in total. The summed E-state index contributed by atoms with van der Waals surface area (Å²) in [7, 11) is 0. The van der Waals surface area contributed by atoms with Crippen molar-refractivity contribution < 1.29 is 34.2 Å².